The number of carbonyl (C=O) groups excluding carboxylic acids is 1. The first-order valence-electron chi connectivity index (χ1n) is 11.3. The van der Waals surface area contributed by atoms with Gasteiger partial charge in [0.2, 0.25) is 10.0 Å². The van der Waals surface area contributed by atoms with E-state index in [1.807, 2.05) is 35.2 Å². The molecule has 1 amide bonds. The smallest absolute Gasteiger partial charge is 0.260 e. The van der Waals surface area contributed by atoms with Crippen LogP contribution >= 0.6 is 0 Å². The predicted octanol–water partition coefficient (Wildman–Crippen LogP) is 3.52. The minimum Gasteiger partial charge on any atom is -0.484 e. The number of nitrogens with zero attached hydrogens (tertiary/aromatic N) is 3. The van der Waals surface area contributed by atoms with E-state index in [4.69, 9.17) is 4.74 Å². The summed E-state index contributed by atoms with van der Waals surface area (Å²) in [6.45, 7) is 2.15. The molecule has 0 aliphatic carbocycles. The Balaban J connectivity index is 1.31. The molecule has 0 N–H and O–H groups in total. The number of sulfonamides is 1. The minimum atomic E-state index is -3.49. The number of amides is 1. The molecule has 3 aromatic rings. The Labute approximate surface area is 205 Å². The van der Waals surface area contributed by atoms with Gasteiger partial charge in [-0.2, -0.15) is 0 Å². The molecule has 3 aromatic carbocycles. The van der Waals surface area contributed by atoms with E-state index < -0.39 is 10.0 Å². The molecule has 1 aliphatic rings. The largest absolute Gasteiger partial charge is 0.484 e. The molecule has 0 aromatic heterocycles. The number of halogens is 1. The van der Waals surface area contributed by atoms with Crippen LogP contribution in [-0.2, 0) is 21.4 Å². The molecule has 1 saturated heterocycles. The van der Waals surface area contributed by atoms with Crippen LogP contribution in [0.3, 0.4) is 0 Å². The van der Waals surface area contributed by atoms with Crippen molar-refractivity contribution in [3.63, 3.8) is 0 Å². The van der Waals surface area contributed by atoms with Crippen molar-refractivity contribution in [2.24, 2.45) is 0 Å². The molecule has 0 radical (unpaired) electrons. The fourth-order valence-electron chi connectivity index (χ4n) is 4.00. The first-order chi connectivity index (χ1) is 16.8. The Morgan fingerprint density at radius 2 is 1.54 bits per heavy atom. The fourth-order valence-corrected chi connectivity index (χ4v) is 4.89. The van der Waals surface area contributed by atoms with Crippen LogP contribution in [0.5, 0.6) is 5.75 Å². The maximum atomic E-state index is 14.0. The van der Waals surface area contributed by atoms with Gasteiger partial charge in [-0.1, -0.05) is 42.5 Å². The number of anilines is 2. The number of piperazine rings is 1. The number of rotatable bonds is 8. The molecule has 9 heteroatoms. The quantitative estimate of drug-likeness (QED) is 0.476. The van der Waals surface area contributed by atoms with Crippen molar-refractivity contribution in [3.8, 4) is 5.75 Å². The zero-order valence-corrected chi connectivity index (χ0v) is 20.3. The number of hydrogen-bond acceptors (Lipinski definition) is 5. The van der Waals surface area contributed by atoms with Crippen LogP contribution in [0.4, 0.5) is 15.8 Å². The van der Waals surface area contributed by atoms with Crippen molar-refractivity contribution < 1.29 is 22.3 Å². The highest BCUT2D eigenvalue weighted by Crippen LogP contribution is 2.24. The average molecular weight is 498 g/mol. The van der Waals surface area contributed by atoms with Crippen LogP contribution in [-0.4, -0.2) is 58.3 Å². The van der Waals surface area contributed by atoms with E-state index in [-0.39, 0.29) is 24.9 Å². The number of hydrogen-bond donors (Lipinski definition) is 0. The van der Waals surface area contributed by atoms with E-state index in [0.717, 1.165) is 5.56 Å². The van der Waals surface area contributed by atoms with Crippen LogP contribution in [0.1, 0.15) is 5.56 Å². The maximum Gasteiger partial charge on any atom is 0.260 e. The lowest BCUT2D eigenvalue weighted by Gasteiger charge is -2.36. The van der Waals surface area contributed by atoms with E-state index in [2.05, 4.69) is 0 Å². The third-order valence-electron chi connectivity index (χ3n) is 5.88. The molecule has 0 unspecified atom stereocenters. The summed E-state index contributed by atoms with van der Waals surface area (Å²) in [6, 6.07) is 22.6. The van der Waals surface area contributed by atoms with Gasteiger partial charge in [0.05, 0.1) is 24.2 Å². The number of carbonyl (C=O) groups is 1. The highest BCUT2D eigenvalue weighted by molar-refractivity contribution is 7.92. The topological polar surface area (TPSA) is 70.2 Å². The van der Waals surface area contributed by atoms with E-state index in [9.17, 15) is 17.6 Å². The summed E-state index contributed by atoms with van der Waals surface area (Å²) in [4.78, 5) is 16.2. The van der Waals surface area contributed by atoms with Crippen molar-refractivity contribution in [2.75, 3.05) is 48.2 Å². The van der Waals surface area contributed by atoms with Gasteiger partial charge in [0.15, 0.2) is 6.61 Å². The van der Waals surface area contributed by atoms with E-state index in [1.165, 1.54) is 16.6 Å². The minimum absolute atomic E-state index is 0.126. The highest BCUT2D eigenvalue weighted by Gasteiger charge is 2.23. The van der Waals surface area contributed by atoms with Crippen LogP contribution in [0, 0.1) is 5.82 Å². The molecule has 0 atom stereocenters. The molecule has 7 nitrogen and oxygen atoms in total. The van der Waals surface area contributed by atoms with Crippen LogP contribution in [0.25, 0.3) is 0 Å². The van der Waals surface area contributed by atoms with Crippen molar-refractivity contribution in [1.29, 1.82) is 0 Å². The van der Waals surface area contributed by atoms with Gasteiger partial charge in [0, 0.05) is 26.2 Å². The van der Waals surface area contributed by atoms with Crippen LogP contribution in [0.15, 0.2) is 78.9 Å². The lowest BCUT2D eigenvalue weighted by atomic mass is 10.2. The molecule has 0 spiro atoms. The zero-order chi connectivity index (χ0) is 24.8. The van der Waals surface area contributed by atoms with E-state index in [1.54, 1.807) is 47.4 Å². The predicted molar refractivity (Wildman–Crippen MR) is 135 cm³/mol. The second kappa shape index (κ2) is 10.8. The van der Waals surface area contributed by atoms with Gasteiger partial charge in [-0.15, -0.1) is 0 Å². The zero-order valence-electron chi connectivity index (χ0n) is 19.5. The summed E-state index contributed by atoms with van der Waals surface area (Å²) in [5.41, 5.74) is 1.93. The molecular formula is C26H28FN3O4S. The summed E-state index contributed by atoms with van der Waals surface area (Å²) < 4.78 is 45.7. The van der Waals surface area contributed by atoms with E-state index >= 15 is 0 Å². The molecule has 0 bridgehead atoms. The molecule has 0 saturated carbocycles. The van der Waals surface area contributed by atoms with Gasteiger partial charge in [-0.05, 0) is 42.0 Å². The summed E-state index contributed by atoms with van der Waals surface area (Å²) >= 11 is 0. The summed E-state index contributed by atoms with van der Waals surface area (Å²) in [5.74, 6) is 0.0571. The Kier molecular flexibility index (Phi) is 7.55. The second-order valence-electron chi connectivity index (χ2n) is 8.36. The van der Waals surface area contributed by atoms with Gasteiger partial charge >= 0.3 is 0 Å². The van der Waals surface area contributed by atoms with E-state index in [0.29, 0.717) is 43.3 Å². The molecule has 4 rings (SSSR count). The van der Waals surface area contributed by atoms with Gasteiger partial charge < -0.3 is 14.5 Å². The van der Waals surface area contributed by atoms with Crippen molar-refractivity contribution in [2.45, 2.75) is 6.54 Å². The van der Waals surface area contributed by atoms with Gasteiger partial charge in [0.1, 0.15) is 11.6 Å². The lowest BCUT2D eigenvalue weighted by molar-refractivity contribution is -0.133. The summed E-state index contributed by atoms with van der Waals surface area (Å²) in [6.07, 6.45) is 1.17. The van der Waals surface area contributed by atoms with Gasteiger partial charge in [-0.3, -0.25) is 9.10 Å². The Bertz CT molecular complexity index is 1250. The third-order valence-corrected chi connectivity index (χ3v) is 7.02. The maximum absolute atomic E-state index is 14.0. The number of para-hydroxylation sites is 1. The number of benzene rings is 3. The second-order valence-corrected chi connectivity index (χ2v) is 10.3. The first kappa shape index (κ1) is 24.5. The monoisotopic (exact) mass is 497 g/mol. The fraction of sp³-hybridized carbons (Fsp3) is 0.269. The van der Waals surface area contributed by atoms with Gasteiger partial charge in [0.25, 0.3) is 5.91 Å². The Morgan fingerprint density at radius 1 is 0.914 bits per heavy atom. The van der Waals surface area contributed by atoms with Gasteiger partial charge in [-0.25, -0.2) is 12.8 Å². The number of ether oxygens (including phenoxy) is 1. The summed E-state index contributed by atoms with van der Waals surface area (Å²) in [5, 5.41) is 0. The van der Waals surface area contributed by atoms with Crippen molar-refractivity contribution in [3.05, 3.63) is 90.2 Å². The lowest BCUT2D eigenvalue weighted by Crippen LogP contribution is -2.50. The molecular weight excluding hydrogens is 469 g/mol. The Morgan fingerprint density at radius 3 is 2.17 bits per heavy atom. The van der Waals surface area contributed by atoms with Crippen LogP contribution < -0.4 is 13.9 Å². The molecule has 1 aliphatic heterocycles. The van der Waals surface area contributed by atoms with Crippen molar-refractivity contribution >= 4 is 27.3 Å². The summed E-state index contributed by atoms with van der Waals surface area (Å²) in [7, 11) is -3.49. The highest BCUT2D eigenvalue weighted by atomic mass is 32.2. The molecule has 184 valence electrons. The molecule has 1 fully saturated rings. The molecule has 1 heterocycles. The SMILES string of the molecule is CS(=O)(=O)N(Cc1ccccc1)c1ccc(OCC(=O)N2CCN(c3ccccc3F)CC2)cc1. The average Bonchev–Trinajstić information content (AvgIpc) is 2.87. The first-order valence-corrected chi connectivity index (χ1v) is 13.2. The third kappa shape index (κ3) is 6.30. The van der Waals surface area contributed by atoms with Crippen LogP contribution in [0.2, 0.25) is 0 Å². The Hall–Kier alpha value is -3.59. The van der Waals surface area contributed by atoms with Crippen molar-refractivity contribution in [1.82, 2.24) is 4.90 Å². The normalized spacial score (nSPS) is 14.0. The standard InChI is InChI=1S/C26H28FN3O4S/c1-35(32,33)30(19-21-7-3-2-4-8-21)22-11-13-23(14-12-22)34-20-26(31)29-17-15-28(16-18-29)25-10-6-5-9-24(25)27/h2-14H,15-20H2,1H3. The molecule has 35 heavy (non-hydrogen) atoms.